The Hall–Kier alpha value is -2.33. The number of imidazole rings is 1. The molecule has 0 spiro atoms. The van der Waals surface area contributed by atoms with Gasteiger partial charge in [0.15, 0.2) is 0 Å². The maximum absolute atomic E-state index is 5.94. The number of hydrogen-bond acceptors (Lipinski definition) is 3. The molecule has 0 atom stereocenters. The van der Waals surface area contributed by atoms with Crippen LogP contribution in [-0.4, -0.2) is 22.7 Å². The molecule has 1 heterocycles. The summed E-state index contributed by atoms with van der Waals surface area (Å²) in [4.78, 5) is 4.83. The predicted molar refractivity (Wildman–Crippen MR) is 103 cm³/mol. The van der Waals surface area contributed by atoms with Crippen LogP contribution >= 0.6 is 0 Å². The molecule has 3 aromatic rings. The number of nitrogens with two attached hydrogens (primary N) is 1. The van der Waals surface area contributed by atoms with Crippen molar-refractivity contribution in [3.05, 3.63) is 59.9 Å². The second kappa shape index (κ2) is 8.67. The molecule has 3 rings (SSSR count). The Kier molecular flexibility index (Phi) is 6.07. The van der Waals surface area contributed by atoms with E-state index in [4.69, 9.17) is 15.5 Å². The highest BCUT2D eigenvalue weighted by Gasteiger charge is 2.10. The van der Waals surface area contributed by atoms with Crippen LogP contribution in [0.5, 0.6) is 5.75 Å². The summed E-state index contributed by atoms with van der Waals surface area (Å²) in [6, 6.07) is 16.5. The highest BCUT2D eigenvalue weighted by Crippen LogP contribution is 2.18. The van der Waals surface area contributed by atoms with Gasteiger partial charge in [-0.2, -0.15) is 0 Å². The third-order valence-corrected chi connectivity index (χ3v) is 4.41. The Morgan fingerprint density at radius 1 is 1.04 bits per heavy atom. The SMILES string of the molecule is Cc1cccc(OCCn2c(CCCCCN)nc3ccccc32)c1. The first-order valence-corrected chi connectivity index (χ1v) is 9.11. The molecule has 0 unspecified atom stereocenters. The van der Waals surface area contributed by atoms with E-state index in [9.17, 15) is 0 Å². The Bertz CT molecular complexity index is 810. The van der Waals surface area contributed by atoms with Gasteiger partial charge in [0.1, 0.15) is 18.2 Å². The van der Waals surface area contributed by atoms with Gasteiger partial charge in [0.05, 0.1) is 17.6 Å². The molecule has 132 valence electrons. The average molecular weight is 337 g/mol. The topological polar surface area (TPSA) is 53.1 Å². The number of rotatable bonds is 9. The standard InChI is InChI=1S/C21H27N3O/c1-17-8-7-9-18(16-17)25-15-14-24-20-11-5-4-10-19(20)23-21(24)12-3-2-6-13-22/h4-5,7-11,16H,2-3,6,12-15,22H2,1H3. The van der Waals surface area contributed by atoms with E-state index in [-0.39, 0.29) is 0 Å². The molecule has 25 heavy (non-hydrogen) atoms. The second-order valence-corrected chi connectivity index (χ2v) is 6.43. The molecule has 0 saturated heterocycles. The van der Waals surface area contributed by atoms with Crippen LogP contribution < -0.4 is 10.5 Å². The lowest BCUT2D eigenvalue weighted by molar-refractivity contribution is 0.298. The molecule has 2 aromatic carbocycles. The number of unbranched alkanes of at least 4 members (excludes halogenated alkanes) is 2. The van der Waals surface area contributed by atoms with Gasteiger partial charge in [0.2, 0.25) is 0 Å². The number of benzene rings is 2. The summed E-state index contributed by atoms with van der Waals surface area (Å²) < 4.78 is 8.24. The molecule has 0 radical (unpaired) electrons. The van der Waals surface area contributed by atoms with Gasteiger partial charge in [-0.25, -0.2) is 4.98 Å². The van der Waals surface area contributed by atoms with Crippen LogP contribution in [0, 0.1) is 6.92 Å². The third-order valence-electron chi connectivity index (χ3n) is 4.41. The summed E-state index contributed by atoms with van der Waals surface area (Å²) in [5, 5.41) is 0. The number of aromatic nitrogens is 2. The summed E-state index contributed by atoms with van der Waals surface area (Å²) in [5.74, 6) is 2.07. The van der Waals surface area contributed by atoms with Gasteiger partial charge >= 0.3 is 0 Å². The van der Waals surface area contributed by atoms with Gasteiger partial charge in [-0.15, -0.1) is 0 Å². The van der Waals surface area contributed by atoms with Crippen LogP contribution in [0.15, 0.2) is 48.5 Å². The van der Waals surface area contributed by atoms with Gasteiger partial charge in [0.25, 0.3) is 0 Å². The molecular formula is C21H27N3O. The van der Waals surface area contributed by atoms with Gasteiger partial charge in [-0.3, -0.25) is 0 Å². The number of hydrogen-bond donors (Lipinski definition) is 1. The van der Waals surface area contributed by atoms with Crippen LogP contribution in [-0.2, 0) is 13.0 Å². The molecule has 4 heteroatoms. The van der Waals surface area contributed by atoms with Crippen LogP contribution in [0.4, 0.5) is 0 Å². The van der Waals surface area contributed by atoms with Gasteiger partial charge in [-0.1, -0.05) is 30.7 Å². The Balaban J connectivity index is 1.69. The van der Waals surface area contributed by atoms with Crippen LogP contribution in [0.1, 0.15) is 30.7 Å². The van der Waals surface area contributed by atoms with Crippen molar-refractivity contribution < 1.29 is 4.74 Å². The molecule has 0 saturated carbocycles. The number of ether oxygens (including phenoxy) is 1. The maximum Gasteiger partial charge on any atom is 0.119 e. The summed E-state index contributed by atoms with van der Waals surface area (Å²) in [6.07, 6.45) is 4.34. The van der Waals surface area contributed by atoms with Crippen LogP contribution in [0.2, 0.25) is 0 Å². The molecule has 0 amide bonds. The van der Waals surface area contributed by atoms with Crippen LogP contribution in [0.3, 0.4) is 0 Å². The fraction of sp³-hybridized carbons (Fsp3) is 0.381. The molecule has 0 bridgehead atoms. The van der Waals surface area contributed by atoms with Gasteiger partial charge < -0.3 is 15.0 Å². The quantitative estimate of drug-likeness (QED) is 0.598. The van der Waals surface area contributed by atoms with Crippen LogP contribution in [0.25, 0.3) is 11.0 Å². The van der Waals surface area contributed by atoms with Crippen molar-refractivity contribution in [2.75, 3.05) is 13.2 Å². The van der Waals surface area contributed by atoms with Crippen molar-refractivity contribution in [1.82, 2.24) is 9.55 Å². The van der Waals surface area contributed by atoms with E-state index in [1.165, 1.54) is 11.1 Å². The first-order valence-electron chi connectivity index (χ1n) is 9.11. The summed E-state index contributed by atoms with van der Waals surface area (Å²) in [5.41, 5.74) is 9.05. The molecule has 4 nitrogen and oxygen atoms in total. The molecule has 2 N–H and O–H groups in total. The van der Waals surface area contributed by atoms with E-state index in [1.807, 2.05) is 18.2 Å². The highest BCUT2D eigenvalue weighted by atomic mass is 16.5. The third kappa shape index (κ3) is 4.60. The van der Waals surface area contributed by atoms with E-state index >= 15 is 0 Å². The van der Waals surface area contributed by atoms with E-state index < -0.39 is 0 Å². The first kappa shape index (κ1) is 17.5. The lowest BCUT2D eigenvalue weighted by Gasteiger charge is -2.11. The van der Waals surface area contributed by atoms with Crippen molar-refractivity contribution in [3.63, 3.8) is 0 Å². The Morgan fingerprint density at radius 2 is 1.92 bits per heavy atom. The summed E-state index contributed by atoms with van der Waals surface area (Å²) in [6.45, 7) is 4.29. The average Bonchev–Trinajstić information content (AvgIpc) is 2.97. The summed E-state index contributed by atoms with van der Waals surface area (Å²) >= 11 is 0. The second-order valence-electron chi connectivity index (χ2n) is 6.43. The minimum atomic E-state index is 0.638. The lowest BCUT2D eigenvalue weighted by atomic mass is 10.2. The number of para-hydroxylation sites is 2. The van der Waals surface area contributed by atoms with E-state index in [2.05, 4.69) is 41.8 Å². The molecule has 0 aliphatic heterocycles. The number of nitrogens with zero attached hydrogens (tertiary/aromatic N) is 2. The number of fused-ring (bicyclic) bond motifs is 1. The van der Waals surface area contributed by atoms with Crippen molar-refractivity contribution >= 4 is 11.0 Å². The summed E-state index contributed by atoms with van der Waals surface area (Å²) in [7, 11) is 0. The minimum Gasteiger partial charge on any atom is -0.492 e. The zero-order valence-corrected chi connectivity index (χ0v) is 14.9. The zero-order chi connectivity index (χ0) is 17.5. The zero-order valence-electron chi connectivity index (χ0n) is 14.9. The molecular weight excluding hydrogens is 310 g/mol. The normalized spacial score (nSPS) is 11.1. The predicted octanol–water partition coefficient (Wildman–Crippen LogP) is 4.10. The molecule has 0 aliphatic carbocycles. The van der Waals surface area contributed by atoms with E-state index in [0.29, 0.717) is 6.61 Å². The number of aryl methyl sites for hydroxylation is 2. The minimum absolute atomic E-state index is 0.638. The van der Waals surface area contributed by atoms with Crippen molar-refractivity contribution in [2.24, 2.45) is 5.73 Å². The largest absolute Gasteiger partial charge is 0.492 e. The van der Waals surface area contributed by atoms with Gasteiger partial charge in [0, 0.05) is 6.42 Å². The molecule has 0 fully saturated rings. The first-order chi connectivity index (χ1) is 12.3. The molecule has 1 aromatic heterocycles. The van der Waals surface area contributed by atoms with Crippen molar-refractivity contribution in [2.45, 2.75) is 39.2 Å². The Labute approximate surface area is 149 Å². The van der Waals surface area contributed by atoms with E-state index in [0.717, 1.165) is 55.9 Å². The van der Waals surface area contributed by atoms with Crippen molar-refractivity contribution in [3.8, 4) is 5.75 Å². The smallest absolute Gasteiger partial charge is 0.119 e. The van der Waals surface area contributed by atoms with Gasteiger partial charge in [-0.05, 0) is 56.1 Å². The maximum atomic E-state index is 5.94. The highest BCUT2D eigenvalue weighted by molar-refractivity contribution is 5.75. The fourth-order valence-corrected chi connectivity index (χ4v) is 3.13. The van der Waals surface area contributed by atoms with E-state index in [1.54, 1.807) is 0 Å². The Morgan fingerprint density at radius 3 is 2.76 bits per heavy atom. The van der Waals surface area contributed by atoms with Crippen molar-refractivity contribution in [1.29, 1.82) is 0 Å². The lowest BCUT2D eigenvalue weighted by Crippen LogP contribution is -2.11. The fourth-order valence-electron chi connectivity index (χ4n) is 3.13. The monoisotopic (exact) mass is 337 g/mol. The molecule has 0 aliphatic rings.